The Bertz CT molecular complexity index is 1190. The quantitative estimate of drug-likeness (QED) is 0.470. The Balaban J connectivity index is 2.00. The Morgan fingerprint density at radius 3 is 2.61 bits per heavy atom. The zero-order valence-electron chi connectivity index (χ0n) is 15.3. The summed E-state index contributed by atoms with van der Waals surface area (Å²) >= 11 is 0. The molecule has 3 aromatic rings. The van der Waals surface area contributed by atoms with E-state index in [4.69, 9.17) is 13.9 Å². The summed E-state index contributed by atoms with van der Waals surface area (Å²) in [5.41, 5.74) is 1.21. The molecule has 1 atom stereocenters. The fraction of sp³-hybridized carbons (Fsp3) is 0.190. The predicted octanol–water partition coefficient (Wildman–Crippen LogP) is 3.47. The second kappa shape index (κ2) is 6.23. The highest BCUT2D eigenvalue weighted by atomic mass is 16.5. The standard InChI is InChI=1S/C21H18O7/c1-9(2)14-7-11-15(27-14)8-16-17(18(11)24)19(25)21(26-3)20(28-16)10-4-5-12(22)13(23)6-10/h4-6,8,14,22-24H,1,7H2,2-3H3/t14-/m0/s1. The van der Waals surface area contributed by atoms with Gasteiger partial charge < -0.3 is 29.2 Å². The number of phenols is 3. The van der Waals surface area contributed by atoms with Crippen LogP contribution in [-0.2, 0) is 6.42 Å². The predicted molar refractivity (Wildman–Crippen MR) is 102 cm³/mol. The average Bonchev–Trinajstić information content (AvgIpc) is 3.08. The van der Waals surface area contributed by atoms with Gasteiger partial charge >= 0.3 is 0 Å². The smallest absolute Gasteiger partial charge is 0.239 e. The molecule has 1 aliphatic heterocycles. The second-order valence-corrected chi connectivity index (χ2v) is 6.73. The normalized spacial score (nSPS) is 15.3. The topological polar surface area (TPSA) is 109 Å². The van der Waals surface area contributed by atoms with Crippen molar-refractivity contribution in [2.75, 3.05) is 7.11 Å². The zero-order chi connectivity index (χ0) is 20.2. The highest BCUT2D eigenvalue weighted by Crippen LogP contribution is 2.44. The summed E-state index contributed by atoms with van der Waals surface area (Å²) in [5, 5.41) is 30.0. The average molecular weight is 382 g/mol. The van der Waals surface area contributed by atoms with Gasteiger partial charge in [-0.3, -0.25) is 4.79 Å². The minimum atomic E-state index is -0.551. The minimum Gasteiger partial charge on any atom is -0.507 e. The molecule has 0 aliphatic carbocycles. The van der Waals surface area contributed by atoms with Crippen LogP contribution in [0.15, 0.2) is 45.6 Å². The van der Waals surface area contributed by atoms with Crippen LogP contribution in [0, 0.1) is 0 Å². The number of fused-ring (bicyclic) bond motifs is 2. The molecule has 2 aromatic carbocycles. The molecule has 1 aromatic heterocycles. The maximum atomic E-state index is 13.0. The molecule has 0 amide bonds. The van der Waals surface area contributed by atoms with Crippen molar-refractivity contribution in [1.82, 2.24) is 0 Å². The lowest BCUT2D eigenvalue weighted by Gasteiger charge is -2.12. The van der Waals surface area contributed by atoms with Crippen LogP contribution in [-0.4, -0.2) is 28.5 Å². The molecule has 0 fully saturated rings. The first-order valence-corrected chi connectivity index (χ1v) is 8.55. The summed E-state index contributed by atoms with van der Waals surface area (Å²) < 4.78 is 16.9. The molecular weight excluding hydrogens is 364 g/mol. The molecule has 7 nitrogen and oxygen atoms in total. The van der Waals surface area contributed by atoms with Gasteiger partial charge in [0.2, 0.25) is 11.2 Å². The highest BCUT2D eigenvalue weighted by Gasteiger charge is 2.30. The monoisotopic (exact) mass is 382 g/mol. The minimum absolute atomic E-state index is 0.00619. The van der Waals surface area contributed by atoms with Gasteiger partial charge in [-0.2, -0.15) is 0 Å². The van der Waals surface area contributed by atoms with Crippen LogP contribution in [0.1, 0.15) is 12.5 Å². The number of hydrogen-bond donors (Lipinski definition) is 3. The van der Waals surface area contributed by atoms with Crippen molar-refractivity contribution in [3.05, 3.63) is 52.2 Å². The Morgan fingerprint density at radius 1 is 1.21 bits per heavy atom. The van der Waals surface area contributed by atoms with Crippen LogP contribution in [0.4, 0.5) is 0 Å². The fourth-order valence-electron chi connectivity index (χ4n) is 3.33. The van der Waals surface area contributed by atoms with Gasteiger partial charge in [-0.15, -0.1) is 0 Å². The number of methoxy groups -OCH3 is 1. The lowest BCUT2D eigenvalue weighted by atomic mass is 10.0. The van der Waals surface area contributed by atoms with E-state index in [2.05, 4.69) is 6.58 Å². The molecule has 0 radical (unpaired) electrons. The lowest BCUT2D eigenvalue weighted by Crippen LogP contribution is -2.13. The molecule has 4 rings (SSSR count). The number of aromatic hydroxyl groups is 3. The second-order valence-electron chi connectivity index (χ2n) is 6.73. The van der Waals surface area contributed by atoms with Gasteiger partial charge in [0.1, 0.15) is 28.6 Å². The molecule has 28 heavy (non-hydrogen) atoms. The first kappa shape index (κ1) is 17.8. The van der Waals surface area contributed by atoms with Crippen molar-refractivity contribution in [1.29, 1.82) is 0 Å². The zero-order valence-corrected chi connectivity index (χ0v) is 15.3. The van der Waals surface area contributed by atoms with Crippen LogP contribution in [0.25, 0.3) is 22.3 Å². The van der Waals surface area contributed by atoms with Gasteiger partial charge in [-0.1, -0.05) is 6.58 Å². The van der Waals surface area contributed by atoms with E-state index in [9.17, 15) is 20.1 Å². The van der Waals surface area contributed by atoms with E-state index in [0.717, 1.165) is 5.57 Å². The highest BCUT2D eigenvalue weighted by molar-refractivity contribution is 5.90. The van der Waals surface area contributed by atoms with Gasteiger partial charge in [-0.05, 0) is 30.7 Å². The molecule has 0 spiro atoms. The molecule has 0 saturated heterocycles. The van der Waals surface area contributed by atoms with E-state index in [0.29, 0.717) is 23.3 Å². The molecule has 1 aliphatic rings. The van der Waals surface area contributed by atoms with Crippen LogP contribution >= 0.6 is 0 Å². The summed E-state index contributed by atoms with van der Waals surface area (Å²) in [7, 11) is 1.31. The number of phenolic OH excluding ortho intramolecular Hbond substituents is 3. The van der Waals surface area contributed by atoms with Crippen LogP contribution in [0.2, 0.25) is 0 Å². The third kappa shape index (κ3) is 2.55. The summed E-state index contributed by atoms with van der Waals surface area (Å²) in [6, 6.07) is 5.55. The van der Waals surface area contributed by atoms with E-state index < -0.39 is 5.43 Å². The van der Waals surface area contributed by atoms with Crippen LogP contribution in [0.5, 0.6) is 28.7 Å². The van der Waals surface area contributed by atoms with Gasteiger partial charge in [0.25, 0.3) is 0 Å². The molecule has 2 heterocycles. The fourth-order valence-corrected chi connectivity index (χ4v) is 3.33. The molecule has 144 valence electrons. The molecular formula is C21H18O7. The van der Waals surface area contributed by atoms with E-state index in [-0.39, 0.29) is 45.8 Å². The number of rotatable bonds is 3. The van der Waals surface area contributed by atoms with Gasteiger partial charge in [0, 0.05) is 23.6 Å². The third-order valence-corrected chi connectivity index (χ3v) is 4.83. The lowest BCUT2D eigenvalue weighted by molar-refractivity contribution is 0.271. The maximum absolute atomic E-state index is 13.0. The summed E-state index contributed by atoms with van der Waals surface area (Å²) in [6.45, 7) is 5.71. The Kier molecular flexibility index (Phi) is 3.96. The number of hydrogen-bond acceptors (Lipinski definition) is 7. The molecule has 0 unspecified atom stereocenters. The summed E-state index contributed by atoms with van der Waals surface area (Å²) in [4.78, 5) is 13.0. The number of benzene rings is 2. The van der Waals surface area contributed by atoms with Gasteiger partial charge in [0.15, 0.2) is 17.3 Å². The summed E-state index contributed by atoms with van der Waals surface area (Å²) in [5.74, 6) is -0.520. The van der Waals surface area contributed by atoms with Crippen molar-refractivity contribution < 1.29 is 29.2 Å². The van der Waals surface area contributed by atoms with E-state index in [1.54, 1.807) is 6.07 Å². The van der Waals surface area contributed by atoms with Crippen molar-refractivity contribution in [3.63, 3.8) is 0 Å². The summed E-state index contributed by atoms with van der Waals surface area (Å²) in [6.07, 6.45) is 0.116. The SMILES string of the molecule is C=C(C)[C@@H]1Cc2c(cc3oc(-c4ccc(O)c(O)c4)c(OC)c(=O)c3c2O)O1. The van der Waals surface area contributed by atoms with Gasteiger partial charge in [0.05, 0.1) is 7.11 Å². The number of ether oxygens (including phenoxy) is 2. The van der Waals surface area contributed by atoms with Gasteiger partial charge in [-0.25, -0.2) is 0 Å². The van der Waals surface area contributed by atoms with Crippen molar-refractivity contribution in [3.8, 4) is 40.1 Å². The van der Waals surface area contributed by atoms with Crippen molar-refractivity contribution >= 4 is 11.0 Å². The largest absolute Gasteiger partial charge is 0.507 e. The van der Waals surface area contributed by atoms with E-state index >= 15 is 0 Å². The van der Waals surface area contributed by atoms with Crippen LogP contribution in [0.3, 0.4) is 0 Å². The van der Waals surface area contributed by atoms with Crippen LogP contribution < -0.4 is 14.9 Å². The Labute approximate surface area is 159 Å². The van der Waals surface area contributed by atoms with Crippen molar-refractivity contribution in [2.24, 2.45) is 0 Å². The first-order chi connectivity index (χ1) is 13.3. The van der Waals surface area contributed by atoms with E-state index in [1.165, 1.54) is 25.3 Å². The van der Waals surface area contributed by atoms with E-state index in [1.807, 2.05) is 6.92 Å². The molecule has 0 saturated carbocycles. The Hall–Kier alpha value is -3.61. The van der Waals surface area contributed by atoms with Crippen molar-refractivity contribution in [2.45, 2.75) is 19.4 Å². The maximum Gasteiger partial charge on any atom is 0.239 e. The third-order valence-electron chi connectivity index (χ3n) is 4.83. The Morgan fingerprint density at radius 2 is 1.96 bits per heavy atom. The molecule has 7 heteroatoms. The first-order valence-electron chi connectivity index (χ1n) is 8.55. The molecule has 0 bridgehead atoms. The molecule has 3 N–H and O–H groups in total.